The summed E-state index contributed by atoms with van der Waals surface area (Å²) in [6, 6.07) is 0. The summed E-state index contributed by atoms with van der Waals surface area (Å²) in [5, 5.41) is 0. The predicted octanol–water partition coefficient (Wildman–Crippen LogP) is 2.75. The van der Waals surface area contributed by atoms with Gasteiger partial charge in [0, 0.05) is 5.88 Å². The molecule has 0 bridgehead atoms. The van der Waals surface area contributed by atoms with Gasteiger partial charge >= 0.3 is 0 Å². The van der Waals surface area contributed by atoms with Gasteiger partial charge in [-0.05, 0) is 13.8 Å². The second kappa shape index (κ2) is 4.92. The van der Waals surface area contributed by atoms with Crippen LogP contribution in [-0.2, 0) is 0 Å². The van der Waals surface area contributed by atoms with Gasteiger partial charge in [0.1, 0.15) is 0 Å². The fourth-order valence-electron chi connectivity index (χ4n) is 0.305. The summed E-state index contributed by atoms with van der Waals surface area (Å²) in [7, 11) is 0. The first kappa shape index (κ1) is 7.77. The lowest BCUT2D eigenvalue weighted by molar-refractivity contribution is 1.40. The highest BCUT2D eigenvalue weighted by Gasteiger charge is 1.77. The Morgan fingerprint density at radius 2 is 2.25 bits per heavy atom. The monoisotopic (exact) mass is 130 g/mol. The number of alkyl halides is 1. The van der Waals surface area contributed by atoms with Gasteiger partial charge in [-0.3, -0.25) is 0 Å². The molecule has 0 radical (unpaired) electrons. The third-order valence-electron chi connectivity index (χ3n) is 0.784. The molecule has 0 aliphatic carbocycles. The highest BCUT2D eigenvalue weighted by molar-refractivity contribution is 6.19. The molecule has 0 saturated carbocycles. The number of hydrogen-bond acceptors (Lipinski definition) is 0. The van der Waals surface area contributed by atoms with E-state index in [1.165, 1.54) is 5.57 Å². The van der Waals surface area contributed by atoms with Crippen LogP contribution in [0.4, 0.5) is 0 Å². The van der Waals surface area contributed by atoms with Crippen molar-refractivity contribution in [2.24, 2.45) is 0 Å². The van der Waals surface area contributed by atoms with Gasteiger partial charge in [-0.1, -0.05) is 23.8 Å². The largest absolute Gasteiger partial charge is 0.122 e. The highest BCUT2D eigenvalue weighted by atomic mass is 35.5. The molecule has 1 heteroatoms. The number of halogens is 1. The maximum atomic E-state index is 5.49. The van der Waals surface area contributed by atoms with Crippen molar-refractivity contribution < 1.29 is 0 Å². The average molecular weight is 131 g/mol. The molecule has 0 N–H and O–H groups in total. The summed E-state index contributed by atoms with van der Waals surface area (Å²) in [4.78, 5) is 0. The molecule has 0 aliphatic rings. The molecule has 0 aliphatic heterocycles. The van der Waals surface area contributed by atoms with E-state index >= 15 is 0 Å². The maximum absolute atomic E-state index is 5.49. The van der Waals surface area contributed by atoms with Crippen molar-refractivity contribution in [1.82, 2.24) is 0 Å². The van der Waals surface area contributed by atoms with E-state index < -0.39 is 0 Å². The van der Waals surface area contributed by atoms with E-state index in [2.05, 4.69) is 0 Å². The zero-order valence-corrected chi connectivity index (χ0v) is 6.07. The summed E-state index contributed by atoms with van der Waals surface area (Å²) in [6.07, 6.45) is 5.97. The quantitative estimate of drug-likeness (QED) is 0.398. The molecule has 0 unspecified atom stereocenters. The Hall–Kier alpha value is -0.230. The predicted molar refractivity (Wildman–Crippen MR) is 39.3 cm³/mol. The third kappa shape index (κ3) is 3.94. The number of rotatable bonds is 2. The van der Waals surface area contributed by atoms with Crippen molar-refractivity contribution in [3.8, 4) is 0 Å². The lowest BCUT2D eigenvalue weighted by Gasteiger charge is -1.85. The van der Waals surface area contributed by atoms with Crippen LogP contribution >= 0.6 is 11.6 Å². The molecule has 0 heterocycles. The SMILES string of the molecule is C/C=C\C=C(/C)CCl. The molecule has 0 fully saturated rings. The number of allylic oxidation sites excluding steroid dienone is 4. The molecule has 0 nitrogen and oxygen atoms in total. The Kier molecular flexibility index (Phi) is 4.78. The molecule has 0 aromatic rings. The standard InChI is InChI=1S/C7H11Cl/c1-3-4-5-7(2)6-8/h3-5H,6H2,1-2H3/b4-3-,7-5+. The molecular weight excluding hydrogens is 120 g/mol. The minimum atomic E-state index is 0.629. The van der Waals surface area contributed by atoms with Gasteiger partial charge in [0.25, 0.3) is 0 Å². The van der Waals surface area contributed by atoms with Gasteiger partial charge in [0.2, 0.25) is 0 Å². The van der Waals surface area contributed by atoms with Gasteiger partial charge < -0.3 is 0 Å². The molecule has 0 aromatic heterocycles. The van der Waals surface area contributed by atoms with Crippen molar-refractivity contribution in [2.45, 2.75) is 13.8 Å². The summed E-state index contributed by atoms with van der Waals surface area (Å²) < 4.78 is 0. The molecule has 0 saturated heterocycles. The highest BCUT2D eigenvalue weighted by Crippen LogP contribution is 1.94. The second-order valence-electron chi connectivity index (χ2n) is 1.67. The van der Waals surface area contributed by atoms with E-state index in [0.29, 0.717) is 5.88 Å². The van der Waals surface area contributed by atoms with Crippen molar-refractivity contribution in [2.75, 3.05) is 5.88 Å². The summed E-state index contributed by atoms with van der Waals surface area (Å²) in [5.74, 6) is 0.629. The second-order valence-corrected chi connectivity index (χ2v) is 1.94. The minimum absolute atomic E-state index is 0.629. The molecule has 0 aromatic carbocycles. The van der Waals surface area contributed by atoms with E-state index in [-0.39, 0.29) is 0 Å². The fourth-order valence-corrected chi connectivity index (χ4v) is 0.394. The Morgan fingerprint density at radius 1 is 1.62 bits per heavy atom. The molecule has 46 valence electrons. The summed E-state index contributed by atoms with van der Waals surface area (Å²) in [5.41, 5.74) is 1.20. The van der Waals surface area contributed by atoms with Gasteiger partial charge in [-0.25, -0.2) is 0 Å². The minimum Gasteiger partial charge on any atom is -0.122 e. The number of hydrogen-bond donors (Lipinski definition) is 0. The Morgan fingerprint density at radius 3 is 2.62 bits per heavy atom. The lowest BCUT2D eigenvalue weighted by Crippen LogP contribution is -1.71. The molecule has 0 spiro atoms. The van der Waals surface area contributed by atoms with Crippen LogP contribution in [0.1, 0.15) is 13.8 Å². The topological polar surface area (TPSA) is 0 Å². The van der Waals surface area contributed by atoms with Gasteiger partial charge in [-0.2, -0.15) is 0 Å². The van der Waals surface area contributed by atoms with Crippen LogP contribution in [0.15, 0.2) is 23.8 Å². The van der Waals surface area contributed by atoms with Crippen molar-refractivity contribution in [3.63, 3.8) is 0 Å². The molecule has 8 heavy (non-hydrogen) atoms. The zero-order chi connectivity index (χ0) is 6.41. The van der Waals surface area contributed by atoms with Crippen LogP contribution in [-0.4, -0.2) is 5.88 Å². The van der Waals surface area contributed by atoms with Crippen LogP contribution in [0.3, 0.4) is 0 Å². The van der Waals surface area contributed by atoms with Crippen molar-refractivity contribution >= 4 is 11.6 Å². The van der Waals surface area contributed by atoms with E-state index in [0.717, 1.165) is 0 Å². The van der Waals surface area contributed by atoms with Crippen molar-refractivity contribution in [1.29, 1.82) is 0 Å². The summed E-state index contributed by atoms with van der Waals surface area (Å²) in [6.45, 7) is 3.99. The lowest BCUT2D eigenvalue weighted by atomic mass is 10.3. The Bertz CT molecular complexity index is 101. The molecule has 0 amide bonds. The van der Waals surface area contributed by atoms with Crippen LogP contribution in [0.5, 0.6) is 0 Å². The van der Waals surface area contributed by atoms with E-state index in [1.807, 2.05) is 32.1 Å². The zero-order valence-electron chi connectivity index (χ0n) is 5.32. The van der Waals surface area contributed by atoms with Gasteiger partial charge in [0.05, 0.1) is 0 Å². The van der Waals surface area contributed by atoms with E-state index in [9.17, 15) is 0 Å². The van der Waals surface area contributed by atoms with Crippen LogP contribution in [0.2, 0.25) is 0 Å². The normalized spacial score (nSPS) is 13.1. The van der Waals surface area contributed by atoms with Gasteiger partial charge in [-0.15, -0.1) is 11.6 Å². The first-order valence-electron chi connectivity index (χ1n) is 2.65. The van der Waals surface area contributed by atoms with Crippen molar-refractivity contribution in [3.05, 3.63) is 23.8 Å². The molecule has 0 atom stereocenters. The van der Waals surface area contributed by atoms with Crippen LogP contribution < -0.4 is 0 Å². The maximum Gasteiger partial charge on any atom is 0.0433 e. The first-order chi connectivity index (χ1) is 3.81. The summed E-state index contributed by atoms with van der Waals surface area (Å²) >= 11 is 5.49. The van der Waals surface area contributed by atoms with E-state index in [4.69, 9.17) is 11.6 Å². The molecular formula is C7H11Cl. The smallest absolute Gasteiger partial charge is 0.0433 e. The first-order valence-corrected chi connectivity index (χ1v) is 3.19. The fraction of sp³-hybridized carbons (Fsp3) is 0.429. The van der Waals surface area contributed by atoms with E-state index in [1.54, 1.807) is 0 Å². The van der Waals surface area contributed by atoms with Gasteiger partial charge in [0.15, 0.2) is 0 Å². The average Bonchev–Trinajstić information content (AvgIpc) is 1.83. The Labute approximate surface area is 55.9 Å². The van der Waals surface area contributed by atoms with Crippen LogP contribution in [0.25, 0.3) is 0 Å². The Balaban J connectivity index is 3.57. The molecule has 0 rings (SSSR count). The third-order valence-corrected chi connectivity index (χ3v) is 1.21. The van der Waals surface area contributed by atoms with Crippen LogP contribution in [0, 0.1) is 0 Å².